The molecule has 34 heavy (non-hydrogen) atoms. The number of benzene rings is 2. The maximum Gasteiger partial charge on any atom is 0.272 e. The summed E-state index contributed by atoms with van der Waals surface area (Å²) in [5.41, 5.74) is 1.63. The van der Waals surface area contributed by atoms with Crippen molar-refractivity contribution in [2.75, 3.05) is 6.54 Å². The molecule has 7 heteroatoms. The number of fused-ring (bicyclic) bond motifs is 1. The zero-order valence-electron chi connectivity index (χ0n) is 18.7. The van der Waals surface area contributed by atoms with Crippen molar-refractivity contribution >= 4 is 26.5 Å². The van der Waals surface area contributed by atoms with Crippen molar-refractivity contribution in [1.82, 2.24) is 14.9 Å². The Hall–Kier alpha value is -3.58. The summed E-state index contributed by atoms with van der Waals surface area (Å²) in [7, 11) is -3.66. The van der Waals surface area contributed by atoms with Gasteiger partial charge in [-0.3, -0.25) is 9.78 Å². The molecule has 0 aliphatic carbocycles. The Bertz CT molecular complexity index is 1430. The highest BCUT2D eigenvalue weighted by molar-refractivity contribution is 7.90. The first-order valence-electron chi connectivity index (χ1n) is 11.4. The number of carbonyl (C=O) groups is 1. The van der Waals surface area contributed by atoms with Gasteiger partial charge in [0.05, 0.1) is 22.4 Å². The van der Waals surface area contributed by atoms with E-state index in [0.29, 0.717) is 17.6 Å². The van der Waals surface area contributed by atoms with E-state index in [9.17, 15) is 13.2 Å². The van der Waals surface area contributed by atoms with E-state index in [4.69, 9.17) is 0 Å². The number of carbonyl (C=O) groups excluding carboxylic acids is 1. The highest BCUT2D eigenvalue weighted by atomic mass is 32.2. The van der Waals surface area contributed by atoms with Gasteiger partial charge in [-0.05, 0) is 54.5 Å². The zero-order chi connectivity index (χ0) is 23.5. The van der Waals surface area contributed by atoms with Crippen LogP contribution in [-0.2, 0) is 15.6 Å². The lowest BCUT2D eigenvalue weighted by Gasteiger charge is -2.35. The number of nitrogens with zero attached hydrogens (tertiary/aromatic N) is 3. The van der Waals surface area contributed by atoms with Gasteiger partial charge < -0.3 is 4.90 Å². The Balaban J connectivity index is 1.42. The summed E-state index contributed by atoms with van der Waals surface area (Å²) in [5.74, 6) is -0.452. The van der Waals surface area contributed by atoms with Crippen LogP contribution in [0, 0.1) is 0 Å². The number of aromatic nitrogens is 2. The fraction of sp³-hybridized carbons (Fsp3) is 0.222. The number of amides is 1. The van der Waals surface area contributed by atoms with Crippen LogP contribution in [0.4, 0.5) is 0 Å². The van der Waals surface area contributed by atoms with Gasteiger partial charge in [0.2, 0.25) is 0 Å². The molecule has 0 N–H and O–H groups in total. The Morgan fingerprint density at radius 1 is 0.941 bits per heavy atom. The van der Waals surface area contributed by atoms with Gasteiger partial charge in [0.25, 0.3) is 5.91 Å². The summed E-state index contributed by atoms with van der Waals surface area (Å²) in [6.07, 6.45) is 6.36. The van der Waals surface area contributed by atoms with E-state index < -0.39 is 9.84 Å². The molecule has 1 saturated heterocycles. The van der Waals surface area contributed by atoms with Crippen molar-refractivity contribution in [2.45, 2.75) is 36.0 Å². The van der Waals surface area contributed by atoms with Gasteiger partial charge in [-0.2, -0.15) is 0 Å². The van der Waals surface area contributed by atoms with Gasteiger partial charge >= 0.3 is 0 Å². The van der Waals surface area contributed by atoms with Crippen molar-refractivity contribution in [1.29, 1.82) is 0 Å². The molecule has 6 nitrogen and oxygen atoms in total. The van der Waals surface area contributed by atoms with E-state index in [1.54, 1.807) is 42.7 Å². The molecule has 4 aromatic rings. The van der Waals surface area contributed by atoms with E-state index in [1.807, 2.05) is 47.4 Å². The average molecular weight is 472 g/mol. The van der Waals surface area contributed by atoms with E-state index in [2.05, 4.69) is 9.97 Å². The van der Waals surface area contributed by atoms with Gasteiger partial charge in [0.1, 0.15) is 5.69 Å². The smallest absolute Gasteiger partial charge is 0.272 e. The molecule has 0 saturated carbocycles. The number of likely N-dealkylation sites (tertiary alicyclic amines) is 1. The van der Waals surface area contributed by atoms with Crippen molar-refractivity contribution in [3.05, 3.63) is 102 Å². The van der Waals surface area contributed by atoms with E-state index in [1.165, 1.54) is 0 Å². The monoisotopic (exact) mass is 471 g/mol. The third kappa shape index (κ3) is 4.43. The second-order valence-corrected chi connectivity index (χ2v) is 10.5. The molecular weight excluding hydrogens is 446 g/mol. The van der Waals surface area contributed by atoms with Gasteiger partial charge in [0.15, 0.2) is 9.84 Å². The van der Waals surface area contributed by atoms with Crippen LogP contribution in [0.5, 0.6) is 0 Å². The molecule has 3 heterocycles. The summed E-state index contributed by atoms with van der Waals surface area (Å²) in [5, 5.41) is 1.55. The van der Waals surface area contributed by atoms with Crippen LogP contribution in [0.3, 0.4) is 0 Å². The lowest BCUT2D eigenvalue weighted by Crippen LogP contribution is -2.39. The molecular formula is C27H25N3O3S. The summed E-state index contributed by atoms with van der Waals surface area (Å²) >= 11 is 0. The van der Waals surface area contributed by atoms with Crippen LogP contribution in [0.2, 0.25) is 0 Å². The normalized spacial score (nSPS) is 16.5. The lowest BCUT2D eigenvalue weighted by atomic mass is 9.96. The Morgan fingerprint density at radius 2 is 1.76 bits per heavy atom. The third-order valence-corrected chi connectivity index (χ3v) is 7.98. The maximum atomic E-state index is 13.4. The van der Waals surface area contributed by atoms with E-state index >= 15 is 0 Å². The molecule has 0 radical (unpaired) electrons. The predicted molar refractivity (Wildman–Crippen MR) is 131 cm³/mol. The Kier molecular flexibility index (Phi) is 6.11. The SMILES string of the molecule is O=C(c1cccc(CS(=O)(=O)c2cccc3ccccc23)n1)N1CCCCC1c1cccnc1. The molecule has 2 aromatic carbocycles. The van der Waals surface area contributed by atoms with Gasteiger partial charge in [-0.15, -0.1) is 0 Å². The standard InChI is InChI=1S/C27H25N3O3S/c31-27(30-17-4-3-14-25(30)21-10-7-16-28-18-21)24-13-6-11-22(29-24)19-34(32,33)26-15-5-9-20-8-1-2-12-23(20)26/h1-2,5-13,15-16,18,25H,3-4,14,17,19H2. The van der Waals surface area contributed by atoms with Crippen LogP contribution in [0.1, 0.15) is 47.1 Å². The zero-order valence-corrected chi connectivity index (χ0v) is 19.5. The summed E-state index contributed by atoms with van der Waals surface area (Å²) in [6, 6.07) is 21.5. The number of sulfone groups is 1. The largest absolute Gasteiger partial charge is 0.330 e. The molecule has 172 valence electrons. The van der Waals surface area contributed by atoms with Crippen molar-refractivity contribution in [3.8, 4) is 0 Å². The quantitative estimate of drug-likeness (QED) is 0.411. The molecule has 1 aliphatic rings. The number of pyridine rings is 2. The Morgan fingerprint density at radius 3 is 2.62 bits per heavy atom. The van der Waals surface area contributed by atoms with Crippen LogP contribution in [0.15, 0.2) is 90.1 Å². The number of rotatable bonds is 5. The summed E-state index contributed by atoms with van der Waals surface area (Å²) < 4.78 is 26.6. The minimum Gasteiger partial charge on any atom is -0.330 e. The molecule has 1 aliphatic heterocycles. The summed E-state index contributed by atoms with van der Waals surface area (Å²) in [4.78, 5) is 24.2. The molecule has 1 fully saturated rings. The van der Waals surface area contributed by atoms with Gasteiger partial charge in [-0.1, -0.05) is 48.5 Å². The van der Waals surface area contributed by atoms with Crippen LogP contribution in [0.25, 0.3) is 10.8 Å². The predicted octanol–water partition coefficient (Wildman–Crippen LogP) is 4.97. The molecule has 1 unspecified atom stereocenters. The van der Waals surface area contributed by atoms with Gasteiger partial charge in [0, 0.05) is 24.3 Å². The van der Waals surface area contributed by atoms with Gasteiger partial charge in [-0.25, -0.2) is 13.4 Å². The second-order valence-electron chi connectivity index (χ2n) is 8.55. The minimum atomic E-state index is -3.66. The van der Waals surface area contributed by atoms with Crippen molar-refractivity contribution in [2.24, 2.45) is 0 Å². The minimum absolute atomic E-state index is 0.0557. The number of hydrogen-bond donors (Lipinski definition) is 0. The topological polar surface area (TPSA) is 80.2 Å². The fourth-order valence-corrected chi connectivity index (χ4v) is 6.17. The van der Waals surface area contributed by atoms with E-state index in [0.717, 1.165) is 30.2 Å². The molecule has 1 atom stereocenters. The highest BCUT2D eigenvalue weighted by Gasteiger charge is 2.30. The Labute approximate surface area is 199 Å². The summed E-state index contributed by atoms with van der Waals surface area (Å²) in [6.45, 7) is 0.638. The lowest BCUT2D eigenvalue weighted by molar-refractivity contribution is 0.0604. The molecule has 0 spiro atoms. The van der Waals surface area contributed by atoms with Crippen molar-refractivity contribution in [3.63, 3.8) is 0 Å². The van der Waals surface area contributed by atoms with Crippen molar-refractivity contribution < 1.29 is 13.2 Å². The molecule has 1 amide bonds. The highest BCUT2D eigenvalue weighted by Crippen LogP contribution is 2.32. The molecule has 0 bridgehead atoms. The molecule has 5 rings (SSSR count). The maximum absolute atomic E-state index is 13.4. The third-order valence-electron chi connectivity index (χ3n) is 6.28. The first-order valence-corrected chi connectivity index (χ1v) is 13.1. The number of hydrogen-bond acceptors (Lipinski definition) is 5. The van der Waals surface area contributed by atoms with Crippen LogP contribution >= 0.6 is 0 Å². The first-order chi connectivity index (χ1) is 16.5. The second kappa shape index (κ2) is 9.35. The van der Waals surface area contributed by atoms with Crippen LogP contribution < -0.4 is 0 Å². The van der Waals surface area contributed by atoms with E-state index in [-0.39, 0.29) is 28.3 Å². The first kappa shape index (κ1) is 22.2. The van der Waals surface area contributed by atoms with Crippen LogP contribution in [-0.4, -0.2) is 35.7 Å². The fourth-order valence-electron chi connectivity index (χ4n) is 4.66. The molecule has 2 aromatic heterocycles. The number of piperidine rings is 1. The average Bonchev–Trinajstić information content (AvgIpc) is 2.88.